The molecule has 0 aliphatic heterocycles. The number of esters is 1. The summed E-state index contributed by atoms with van der Waals surface area (Å²) in [5, 5.41) is 9.84. The molecule has 17 heavy (non-hydrogen) atoms. The lowest BCUT2D eigenvalue weighted by atomic mass is 10.2. The summed E-state index contributed by atoms with van der Waals surface area (Å²) in [4.78, 5) is 11.8. The fourth-order valence-electron chi connectivity index (χ4n) is 1.32. The first-order valence-corrected chi connectivity index (χ1v) is 5.86. The topological polar surface area (TPSA) is 67.9 Å². The summed E-state index contributed by atoms with van der Waals surface area (Å²) in [6.07, 6.45) is 0. The second-order valence-corrected chi connectivity index (χ2v) is 4.27. The zero-order chi connectivity index (χ0) is 12.3. The predicted octanol–water partition coefficient (Wildman–Crippen LogP) is 1.96. The van der Waals surface area contributed by atoms with Gasteiger partial charge < -0.3 is 4.74 Å². The Labute approximate surface area is 107 Å². The summed E-state index contributed by atoms with van der Waals surface area (Å²) in [6.45, 7) is 0.0676. The van der Waals surface area contributed by atoms with Crippen molar-refractivity contribution in [3.8, 4) is 0 Å². The van der Waals surface area contributed by atoms with E-state index in [1.54, 1.807) is 18.2 Å². The molecule has 1 N–H and O–H groups in total. The van der Waals surface area contributed by atoms with Gasteiger partial charge in [-0.1, -0.05) is 6.07 Å². The van der Waals surface area contributed by atoms with Crippen molar-refractivity contribution in [3.05, 3.63) is 23.8 Å². The number of hydrogen-bond acceptors (Lipinski definition) is 4. The van der Waals surface area contributed by atoms with Crippen LogP contribution in [0.15, 0.2) is 18.2 Å². The first-order chi connectivity index (χ1) is 8.22. The van der Waals surface area contributed by atoms with Gasteiger partial charge in [0.1, 0.15) is 17.6 Å². The first kappa shape index (κ1) is 12.1. The number of rotatable bonds is 4. The van der Waals surface area contributed by atoms with Crippen molar-refractivity contribution in [2.75, 3.05) is 12.5 Å². The van der Waals surface area contributed by atoms with Gasteiger partial charge in [-0.15, -0.1) is 23.2 Å². The smallest absolute Gasteiger partial charge is 0.340 e. The van der Waals surface area contributed by atoms with Crippen molar-refractivity contribution >= 4 is 40.2 Å². The van der Waals surface area contributed by atoms with Crippen LogP contribution in [0.4, 0.5) is 0 Å². The van der Waals surface area contributed by atoms with E-state index in [1.807, 2.05) is 0 Å². The van der Waals surface area contributed by atoms with Crippen LogP contribution in [0, 0.1) is 0 Å². The van der Waals surface area contributed by atoms with Gasteiger partial charge in [0.2, 0.25) is 0 Å². The zero-order valence-corrected chi connectivity index (χ0v) is 10.2. The molecule has 2 aromatic rings. The maximum absolute atomic E-state index is 11.8. The highest BCUT2D eigenvalue weighted by molar-refractivity contribution is 6.28. The van der Waals surface area contributed by atoms with Gasteiger partial charge in [-0.2, -0.15) is 15.4 Å². The minimum Gasteiger partial charge on any atom is -0.460 e. The number of para-hydroxylation sites is 1. The largest absolute Gasteiger partial charge is 0.460 e. The van der Waals surface area contributed by atoms with Gasteiger partial charge in [0.25, 0.3) is 0 Å². The fraction of sp³-hybridized carbons (Fsp3) is 0.300. The normalized spacial score (nSPS) is 12.6. The molecule has 0 spiro atoms. The van der Waals surface area contributed by atoms with Gasteiger partial charge >= 0.3 is 5.97 Å². The van der Waals surface area contributed by atoms with Crippen molar-refractivity contribution in [3.63, 3.8) is 0 Å². The van der Waals surface area contributed by atoms with Crippen LogP contribution in [-0.4, -0.2) is 39.2 Å². The predicted molar refractivity (Wildman–Crippen MR) is 64.5 cm³/mol. The van der Waals surface area contributed by atoms with Crippen molar-refractivity contribution in [2.24, 2.45) is 0 Å². The Kier molecular flexibility index (Phi) is 3.81. The number of aromatic nitrogens is 3. The second-order valence-electron chi connectivity index (χ2n) is 3.35. The number of benzene rings is 1. The van der Waals surface area contributed by atoms with E-state index in [0.717, 1.165) is 0 Å². The summed E-state index contributed by atoms with van der Waals surface area (Å²) >= 11 is 11.3. The monoisotopic (exact) mass is 273 g/mol. The molecule has 1 aromatic heterocycles. The van der Waals surface area contributed by atoms with E-state index in [9.17, 15) is 4.79 Å². The molecule has 1 heterocycles. The van der Waals surface area contributed by atoms with Gasteiger partial charge in [-0.3, -0.25) is 0 Å². The number of aromatic amines is 1. The fourth-order valence-corrected chi connectivity index (χ4v) is 1.47. The summed E-state index contributed by atoms with van der Waals surface area (Å²) < 4.78 is 5.02. The maximum atomic E-state index is 11.8. The van der Waals surface area contributed by atoms with Gasteiger partial charge in [-0.25, -0.2) is 4.79 Å². The van der Waals surface area contributed by atoms with Crippen LogP contribution in [-0.2, 0) is 4.74 Å². The second kappa shape index (κ2) is 5.33. The highest BCUT2D eigenvalue weighted by Crippen LogP contribution is 2.15. The molecule has 1 atom stereocenters. The van der Waals surface area contributed by atoms with E-state index in [4.69, 9.17) is 27.9 Å². The molecule has 0 aliphatic rings. The summed E-state index contributed by atoms with van der Waals surface area (Å²) in [5.74, 6) is -0.261. The minimum absolute atomic E-state index is 0.0676. The van der Waals surface area contributed by atoms with Crippen molar-refractivity contribution < 1.29 is 9.53 Å². The van der Waals surface area contributed by atoms with E-state index in [0.29, 0.717) is 16.6 Å². The average molecular weight is 274 g/mol. The molecule has 0 aliphatic carbocycles. The molecule has 2 rings (SSSR count). The van der Waals surface area contributed by atoms with Crippen LogP contribution in [0.2, 0.25) is 0 Å². The average Bonchev–Trinajstić information content (AvgIpc) is 2.83. The molecule has 0 radical (unpaired) electrons. The summed E-state index contributed by atoms with van der Waals surface area (Å²) in [7, 11) is 0. The number of halogens is 2. The van der Waals surface area contributed by atoms with E-state index in [1.165, 1.54) is 0 Å². The number of alkyl halides is 2. The van der Waals surface area contributed by atoms with Crippen LogP contribution in [0.25, 0.3) is 11.0 Å². The number of carbonyl (C=O) groups excluding carboxylic acids is 1. The molecule has 1 unspecified atom stereocenters. The van der Waals surface area contributed by atoms with E-state index >= 15 is 0 Å². The summed E-state index contributed by atoms with van der Waals surface area (Å²) in [5.41, 5.74) is 1.45. The Morgan fingerprint density at radius 3 is 3.06 bits per heavy atom. The standard InChI is InChI=1S/C10H9Cl2N3O2/c11-4-6(12)5-17-10(16)7-2-1-3-8-9(7)14-15-13-8/h1-3,6H,4-5H2,(H,13,14,15). The molecule has 0 bridgehead atoms. The highest BCUT2D eigenvalue weighted by Gasteiger charge is 2.15. The molecule has 0 amide bonds. The van der Waals surface area contributed by atoms with E-state index in [-0.39, 0.29) is 12.5 Å². The summed E-state index contributed by atoms with van der Waals surface area (Å²) in [6, 6.07) is 5.08. The molecule has 0 saturated carbocycles. The number of ether oxygens (including phenoxy) is 1. The van der Waals surface area contributed by atoms with Gasteiger partial charge in [-0.05, 0) is 12.1 Å². The maximum Gasteiger partial charge on any atom is 0.340 e. The first-order valence-electron chi connectivity index (χ1n) is 4.89. The van der Waals surface area contributed by atoms with Crippen LogP contribution >= 0.6 is 23.2 Å². The Morgan fingerprint density at radius 2 is 2.29 bits per heavy atom. The Morgan fingerprint density at radius 1 is 1.47 bits per heavy atom. The molecular formula is C10H9Cl2N3O2. The third-order valence-electron chi connectivity index (χ3n) is 2.13. The molecule has 90 valence electrons. The number of H-pyrrole nitrogens is 1. The van der Waals surface area contributed by atoms with Gasteiger partial charge in [0.15, 0.2) is 0 Å². The Hall–Kier alpha value is -1.33. The highest BCUT2D eigenvalue weighted by atomic mass is 35.5. The van der Waals surface area contributed by atoms with E-state index in [2.05, 4.69) is 15.4 Å². The SMILES string of the molecule is O=C(OCC(Cl)CCl)c1cccc2n[nH]nc12. The number of fused-ring (bicyclic) bond motifs is 1. The molecule has 0 fully saturated rings. The molecule has 5 nitrogen and oxygen atoms in total. The Bertz CT molecular complexity index is 529. The number of nitrogens with zero attached hydrogens (tertiary/aromatic N) is 2. The van der Waals surface area contributed by atoms with Crippen LogP contribution in [0.3, 0.4) is 0 Å². The number of carbonyl (C=O) groups is 1. The van der Waals surface area contributed by atoms with Crippen LogP contribution in [0.5, 0.6) is 0 Å². The molecule has 7 heteroatoms. The third kappa shape index (κ3) is 2.68. The van der Waals surface area contributed by atoms with E-state index < -0.39 is 11.3 Å². The van der Waals surface area contributed by atoms with Gasteiger partial charge in [0, 0.05) is 5.88 Å². The molecule has 1 aromatic carbocycles. The lowest BCUT2D eigenvalue weighted by molar-refractivity contribution is 0.0511. The Balaban J connectivity index is 2.16. The molecular weight excluding hydrogens is 265 g/mol. The van der Waals surface area contributed by atoms with Crippen molar-refractivity contribution in [1.29, 1.82) is 0 Å². The van der Waals surface area contributed by atoms with Crippen LogP contribution in [0.1, 0.15) is 10.4 Å². The lowest BCUT2D eigenvalue weighted by Gasteiger charge is -2.07. The lowest BCUT2D eigenvalue weighted by Crippen LogP contribution is -2.15. The number of hydrogen-bond donors (Lipinski definition) is 1. The minimum atomic E-state index is -0.486. The molecule has 0 saturated heterocycles. The third-order valence-corrected chi connectivity index (χ3v) is 2.94. The van der Waals surface area contributed by atoms with Crippen molar-refractivity contribution in [1.82, 2.24) is 15.4 Å². The zero-order valence-electron chi connectivity index (χ0n) is 8.69. The van der Waals surface area contributed by atoms with Crippen LogP contribution < -0.4 is 0 Å². The van der Waals surface area contributed by atoms with Gasteiger partial charge in [0.05, 0.1) is 10.9 Å². The number of nitrogens with one attached hydrogen (secondary N) is 1. The quantitative estimate of drug-likeness (QED) is 0.683. The van der Waals surface area contributed by atoms with Crippen molar-refractivity contribution in [2.45, 2.75) is 5.38 Å².